The first kappa shape index (κ1) is 20.0. The second kappa shape index (κ2) is 9.43. The van der Waals surface area contributed by atoms with E-state index in [1.807, 2.05) is 49.4 Å². The molecule has 0 radical (unpaired) electrons. The van der Waals surface area contributed by atoms with E-state index in [1.165, 1.54) is 23.1 Å². The van der Waals surface area contributed by atoms with Crippen LogP contribution in [0, 0.1) is 6.92 Å². The summed E-state index contributed by atoms with van der Waals surface area (Å²) in [6, 6.07) is 13.2. The molecule has 0 aliphatic heterocycles. The Balaban J connectivity index is 1.57. The average molecular weight is 417 g/mol. The molecule has 28 heavy (non-hydrogen) atoms. The number of aryl methyl sites for hydroxylation is 1. The second-order valence-corrected chi connectivity index (χ2v) is 7.94. The molecule has 7 nitrogen and oxygen atoms in total. The monoisotopic (exact) mass is 416 g/mol. The Morgan fingerprint density at radius 1 is 1.07 bits per heavy atom. The third-order valence-corrected chi connectivity index (χ3v) is 5.68. The topological polar surface area (TPSA) is 85.4 Å². The minimum atomic E-state index is -0.136. The molecule has 0 saturated carbocycles. The van der Waals surface area contributed by atoms with Gasteiger partial charge >= 0.3 is 0 Å². The minimum Gasteiger partial charge on any atom is -0.495 e. The first-order valence-corrected chi connectivity index (χ1v) is 10.2. The second-order valence-electron chi connectivity index (χ2n) is 5.74. The highest BCUT2D eigenvalue weighted by molar-refractivity contribution is 8.01. The minimum absolute atomic E-state index is 0.136. The maximum Gasteiger partial charge on any atom is 0.234 e. The molecule has 3 rings (SSSR count). The van der Waals surface area contributed by atoms with Crippen LogP contribution in [0.1, 0.15) is 5.56 Å². The van der Waals surface area contributed by atoms with Crippen molar-refractivity contribution in [3.63, 3.8) is 0 Å². The van der Waals surface area contributed by atoms with Crippen molar-refractivity contribution < 1.29 is 14.3 Å². The van der Waals surface area contributed by atoms with Crippen molar-refractivity contribution in [1.29, 1.82) is 0 Å². The lowest BCUT2D eigenvalue weighted by atomic mass is 10.2. The number of carbonyl (C=O) groups is 1. The number of methoxy groups -OCH3 is 2. The zero-order chi connectivity index (χ0) is 19.9. The number of anilines is 3. The summed E-state index contributed by atoms with van der Waals surface area (Å²) in [6.45, 7) is 1.96. The van der Waals surface area contributed by atoms with Crippen LogP contribution in [-0.4, -0.2) is 36.1 Å². The van der Waals surface area contributed by atoms with Crippen LogP contribution in [-0.2, 0) is 4.79 Å². The molecule has 0 saturated heterocycles. The highest BCUT2D eigenvalue weighted by Crippen LogP contribution is 2.31. The van der Waals surface area contributed by atoms with Gasteiger partial charge in [-0.25, -0.2) is 0 Å². The highest BCUT2D eigenvalue weighted by Gasteiger charge is 2.12. The smallest absolute Gasteiger partial charge is 0.234 e. The molecule has 0 bridgehead atoms. The summed E-state index contributed by atoms with van der Waals surface area (Å²) in [5.74, 6) is 1.44. The van der Waals surface area contributed by atoms with Gasteiger partial charge in [-0.3, -0.25) is 4.79 Å². The molecule has 1 amide bonds. The van der Waals surface area contributed by atoms with Gasteiger partial charge < -0.3 is 20.1 Å². The molecule has 0 atom stereocenters. The van der Waals surface area contributed by atoms with Crippen molar-refractivity contribution in [2.24, 2.45) is 0 Å². The number of rotatable bonds is 8. The van der Waals surface area contributed by atoms with Crippen molar-refractivity contribution in [3.05, 3.63) is 48.0 Å². The number of nitrogens with zero attached hydrogens (tertiary/aromatic N) is 2. The van der Waals surface area contributed by atoms with E-state index < -0.39 is 0 Å². The van der Waals surface area contributed by atoms with Crippen LogP contribution in [0.3, 0.4) is 0 Å². The molecule has 2 aromatic carbocycles. The van der Waals surface area contributed by atoms with Gasteiger partial charge in [-0.2, -0.15) is 0 Å². The zero-order valence-electron chi connectivity index (χ0n) is 15.7. The lowest BCUT2D eigenvalue weighted by molar-refractivity contribution is -0.113. The van der Waals surface area contributed by atoms with Gasteiger partial charge in [0.2, 0.25) is 11.0 Å². The van der Waals surface area contributed by atoms with E-state index >= 15 is 0 Å². The summed E-state index contributed by atoms with van der Waals surface area (Å²) in [7, 11) is 3.19. The van der Waals surface area contributed by atoms with Gasteiger partial charge in [0.15, 0.2) is 4.34 Å². The number of thioether (sulfide) groups is 1. The fraction of sp³-hybridized carbons (Fsp3) is 0.211. The highest BCUT2D eigenvalue weighted by atomic mass is 32.2. The van der Waals surface area contributed by atoms with E-state index in [9.17, 15) is 4.79 Å². The number of benzene rings is 2. The molecule has 3 aromatic rings. The number of ether oxygens (including phenoxy) is 2. The van der Waals surface area contributed by atoms with Crippen molar-refractivity contribution in [2.75, 3.05) is 30.6 Å². The van der Waals surface area contributed by atoms with E-state index in [2.05, 4.69) is 20.8 Å². The number of para-hydroxylation sites is 2. The Labute approximate surface area is 171 Å². The Morgan fingerprint density at radius 3 is 2.61 bits per heavy atom. The molecule has 1 aromatic heterocycles. The maximum atomic E-state index is 12.3. The van der Waals surface area contributed by atoms with Crippen molar-refractivity contribution in [2.45, 2.75) is 11.3 Å². The third kappa shape index (κ3) is 5.14. The standard InChI is InChI=1S/C19H20N4O3S2/c1-12-8-9-16(26-3)14(10-12)20-17(24)11-27-19-23-22-18(28-19)21-13-6-4-5-7-15(13)25-2/h4-10H,11H2,1-3H3,(H,20,24)(H,21,22). The molecule has 0 aliphatic carbocycles. The van der Waals surface area contributed by atoms with Crippen molar-refractivity contribution in [1.82, 2.24) is 10.2 Å². The lowest BCUT2D eigenvalue weighted by Gasteiger charge is -2.10. The van der Waals surface area contributed by atoms with Gasteiger partial charge in [-0.15, -0.1) is 10.2 Å². The van der Waals surface area contributed by atoms with Gasteiger partial charge in [0.1, 0.15) is 11.5 Å². The van der Waals surface area contributed by atoms with Gasteiger partial charge in [0, 0.05) is 0 Å². The molecule has 0 aliphatic rings. The van der Waals surface area contributed by atoms with Crippen LogP contribution in [0.15, 0.2) is 46.8 Å². The molecule has 9 heteroatoms. The Hall–Kier alpha value is -2.78. The number of hydrogen-bond acceptors (Lipinski definition) is 8. The number of carbonyl (C=O) groups excluding carboxylic acids is 1. The normalized spacial score (nSPS) is 10.4. The van der Waals surface area contributed by atoms with Gasteiger partial charge in [-0.1, -0.05) is 41.3 Å². The predicted octanol–water partition coefficient (Wildman–Crippen LogP) is 4.34. The van der Waals surface area contributed by atoms with Crippen LogP contribution < -0.4 is 20.1 Å². The first-order valence-electron chi connectivity index (χ1n) is 8.40. The fourth-order valence-electron chi connectivity index (χ4n) is 2.41. The van der Waals surface area contributed by atoms with E-state index in [-0.39, 0.29) is 11.7 Å². The SMILES string of the molecule is COc1ccc(C)cc1NC(=O)CSc1nnc(Nc2ccccc2OC)s1. The lowest BCUT2D eigenvalue weighted by Crippen LogP contribution is -2.14. The van der Waals surface area contributed by atoms with Crippen LogP contribution >= 0.6 is 23.1 Å². The first-order chi connectivity index (χ1) is 13.6. The van der Waals surface area contributed by atoms with E-state index in [0.717, 1.165) is 17.0 Å². The summed E-state index contributed by atoms with van der Waals surface area (Å²) in [4.78, 5) is 12.3. The predicted molar refractivity (Wildman–Crippen MR) is 113 cm³/mol. The summed E-state index contributed by atoms with van der Waals surface area (Å²) in [5, 5.41) is 14.9. The van der Waals surface area contributed by atoms with Gasteiger partial charge in [0.05, 0.1) is 31.3 Å². The van der Waals surface area contributed by atoms with Crippen LogP contribution in [0.5, 0.6) is 11.5 Å². The molecule has 0 fully saturated rings. The summed E-state index contributed by atoms with van der Waals surface area (Å²) >= 11 is 2.70. The number of nitrogens with one attached hydrogen (secondary N) is 2. The summed E-state index contributed by atoms with van der Waals surface area (Å²) in [6.07, 6.45) is 0. The molecule has 2 N–H and O–H groups in total. The number of amides is 1. The summed E-state index contributed by atoms with van der Waals surface area (Å²) < 4.78 is 11.3. The maximum absolute atomic E-state index is 12.3. The summed E-state index contributed by atoms with van der Waals surface area (Å²) in [5.41, 5.74) is 2.51. The molecular weight excluding hydrogens is 396 g/mol. The van der Waals surface area contributed by atoms with Gasteiger partial charge in [0.25, 0.3) is 0 Å². The largest absolute Gasteiger partial charge is 0.495 e. The van der Waals surface area contributed by atoms with Crippen molar-refractivity contribution in [3.8, 4) is 11.5 Å². The molecule has 1 heterocycles. The molecule has 0 spiro atoms. The molecule has 0 unspecified atom stereocenters. The van der Waals surface area contributed by atoms with Gasteiger partial charge in [-0.05, 0) is 36.8 Å². The zero-order valence-corrected chi connectivity index (χ0v) is 17.3. The van der Waals surface area contributed by atoms with E-state index in [0.29, 0.717) is 20.9 Å². The quantitative estimate of drug-likeness (QED) is 0.528. The number of hydrogen-bond donors (Lipinski definition) is 2. The Bertz CT molecular complexity index is 962. The van der Waals surface area contributed by atoms with Crippen molar-refractivity contribution >= 4 is 45.5 Å². The van der Waals surface area contributed by atoms with Crippen LogP contribution in [0.25, 0.3) is 0 Å². The molecular formula is C19H20N4O3S2. The Morgan fingerprint density at radius 2 is 1.82 bits per heavy atom. The molecule has 146 valence electrons. The fourth-order valence-corrected chi connectivity index (χ4v) is 3.98. The van der Waals surface area contributed by atoms with E-state index in [1.54, 1.807) is 14.2 Å². The average Bonchev–Trinajstić information content (AvgIpc) is 3.14. The van der Waals surface area contributed by atoms with Crippen LogP contribution in [0.4, 0.5) is 16.5 Å². The van der Waals surface area contributed by atoms with E-state index in [4.69, 9.17) is 9.47 Å². The third-order valence-electron chi connectivity index (χ3n) is 3.71. The number of aromatic nitrogens is 2. The Kier molecular flexibility index (Phi) is 6.72. The van der Waals surface area contributed by atoms with Crippen LogP contribution in [0.2, 0.25) is 0 Å².